The lowest BCUT2D eigenvalue weighted by Gasteiger charge is -2.25. The van der Waals surface area contributed by atoms with E-state index in [2.05, 4.69) is 0 Å². The standard InChI is InChI=1S/C27H20F6NS2/c1-15-19(12-21(35-15)17-8-5-4-6-9-17)23-24(26(30,31)27(32,33)25(23,28)29)20-13-22(36-16(20)2)18-10-7-11-34(3)14-18/h4-14H,1-3H3/q+1. The van der Waals surface area contributed by atoms with E-state index in [0.29, 0.717) is 20.9 Å². The molecule has 36 heavy (non-hydrogen) atoms. The number of halogens is 6. The van der Waals surface area contributed by atoms with Crippen LogP contribution in [0.3, 0.4) is 0 Å². The van der Waals surface area contributed by atoms with Crippen molar-refractivity contribution in [3.05, 3.63) is 87.9 Å². The molecule has 0 radical (unpaired) electrons. The highest BCUT2D eigenvalue weighted by Crippen LogP contribution is 2.66. The van der Waals surface area contributed by atoms with Crippen LogP contribution in [0.25, 0.3) is 32.0 Å². The second-order valence-corrected chi connectivity index (χ2v) is 11.3. The highest BCUT2D eigenvalue weighted by molar-refractivity contribution is 7.16. The fraction of sp³-hybridized carbons (Fsp3) is 0.222. The van der Waals surface area contributed by atoms with Gasteiger partial charge < -0.3 is 0 Å². The summed E-state index contributed by atoms with van der Waals surface area (Å²) in [6, 6.07) is 14.9. The van der Waals surface area contributed by atoms with E-state index < -0.39 is 28.9 Å². The van der Waals surface area contributed by atoms with E-state index in [1.807, 2.05) is 0 Å². The fourth-order valence-corrected chi connectivity index (χ4v) is 6.56. The van der Waals surface area contributed by atoms with Crippen LogP contribution in [0, 0.1) is 13.8 Å². The summed E-state index contributed by atoms with van der Waals surface area (Å²) in [5.41, 5.74) is -1.83. The van der Waals surface area contributed by atoms with Gasteiger partial charge in [-0.05, 0) is 48.7 Å². The summed E-state index contributed by atoms with van der Waals surface area (Å²) in [7, 11) is 1.78. The first kappa shape index (κ1) is 24.8. The van der Waals surface area contributed by atoms with E-state index in [1.165, 1.54) is 26.0 Å². The predicted molar refractivity (Wildman–Crippen MR) is 132 cm³/mol. The maximum Gasteiger partial charge on any atom is 0.380 e. The van der Waals surface area contributed by atoms with E-state index in [1.54, 1.807) is 66.5 Å². The van der Waals surface area contributed by atoms with E-state index in [9.17, 15) is 8.78 Å². The van der Waals surface area contributed by atoms with Crippen molar-refractivity contribution in [2.75, 3.05) is 0 Å². The molecular formula is C27H20F6NS2+. The zero-order valence-electron chi connectivity index (χ0n) is 19.4. The van der Waals surface area contributed by atoms with Crippen molar-refractivity contribution >= 4 is 33.8 Å². The maximum atomic E-state index is 15.3. The molecular weight excluding hydrogens is 516 g/mol. The van der Waals surface area contributed by atoms with Crippen LogP contribution >= 0.6 is 22.7 Å². The van der Waals surface area contributed by atoms with Crippen LogP contribution in [0.5, 0.6) is 0 Å². The van der Waals surface area contributed by atoms with E-state index in [0.717, 1.165) is 22.7 Å². The smallest absolute Gasteiger partial charge is 0.207 e. The highest BCUT2D eigenvalue weighted by atomic mass is 32.1. The Morgan fingerprint density at radius 3 is 1.64 bits per heavy atom. The van der Waals surface area contributed by atoms with Crippen molar-refractivity contribution < 1.29 is 30.9 Å². The summed E-state index contributed by atoms with van der Waals surface area (Å²) >= 11 is 2.20. The van der Waals surface area contributed by atoms with Gasteiger partial charge in [0.15, 0.2) is 12.4 Å². The number of pyridine rings is 1. The van der Waals surface area contributed by atoms with Gasteiger partial charge >= 0.3 is 17.8 Å². The lowest BCUT2D eigenvalue weighted by molar-refractivity contribution is -0.671. The molecule has 4 aromatic rings. The van der Waals surface area contributed by atoms with Crippen molar-refractivity contribution in [1.29, 1.82) is 0 Å². The minimum absolute atomic E-state index is 0.258. The molecule has 1 aromatic carbocycles. The first-order chi connectivity index (χ1) is 16.9. The molecule has 186 valence electrons. The van der Waals surface area contributed by atoms with Gasteiger partial charge in [0.05, 0.1) is 5.56 Å². The molecule has 5 rings (SSSR count). The van der Waals surface area contributed by atoms with Gasteiger partial charge in [-0.2, -0.15) is 26.3 Å². The average molecular weight is 537 g/mol. The molecule has 0 saturated carbocycles. The van der Waals surface area contributed by atoms with Crippen LogP contribution in [0.2, 0.25) is 0 Å². The zero-order valence-corrected chi connectivity index (χ0v) is 21.0. The molecule has 0 bridgehead atoms. The summed E-state index contributed by atoms with van der Waals surface area (Å²) in [6.07, 6.45) is 3.52. The van der Waals surface area contributed by atoms with Crippen LogP contribution < -0.4 is 4.57 Å². The minimum Gasteiger partial charge on any atom is -0.207 e. The molecule has 1 nitrogen and oxygen atoms in total. The summed E-state index contributed by atoms with van der Waals surface area (Å²) in [4.78, 5) is 1.57. The van der Waals surface area contributed by atoms with Crippen LogP contribution in [0.4, 0.5) is 26.3 Å². The Balaban J connectivity index is 1.78. The number of benzene rings is 1. The molecule has 3 aromatic heterocycles. The first-order valence-corrected chi connectivity index (χ1v) is 12.6. The molecule has 9 heteroatoms. The molecule has 3 heterocycles. The number of rotatable bonds is 4. The number of allylic oxidation sites excluding steroid dienone is 2. The van der Waals surface area contributed by atoms with Crippen LogP contribution in [-0.2, 0) is 7.05 Å². The van der Waals surface area contributed by atoms with Crippen molar-refractivity contribution in [1.82, 2.24) is 0 Å². The fourth-order valence-electron chi connectivity index (χ4n) is 4.51. The SMILES string of the molecule is Cc1sc(-c2ccccc2)cc1C1=C(c2cc(-c3ccc[n+](C)c3)sc2C)C(F)(F)C(F)(F)C1(F)F. The summed E-state index contributed by atoms with van der Waals surface area (Å²) in [5.74, 6) is -15.7. The topological polar surface area (TPSA) is 3.88 Å². The largest absolute Gasteiger partial charge is 0.380 e. The highest BCUT2D eigenvalue weighted by Gasteiger charge is 2.80. The van der Waals surface area contributed by atoms with E-state index in [4.69, 9.17) is 0 Å². The second-order valence-electron chi connectivity index (χ2n) is 8.76. The second kappa shape index (κ2) is 8.31. The molecule has 0 aliphatic heterocycles. The van der Waals surface area contributed by atoms with Gasteiger partial charge in [0.2, 0.25) is 0 Å². The molecule has 0 atom stereocenters. The lowest BCUT2D eigenvalue weighted by Crippen LogP contribution is -2.48. The minimum atomic E-state index is -5.58. The van der Waals surface area contributed by atoms with Crippen LogP contribution in [-0.4, -0.2) is 17.8 Å². The van der Waals surface area contributed by atoms with Crippen molar-refractivity contribution in [3.8, 4) is 20.9 Å². The Morgan fingerprint density at radius 2 is 1.14 bits per heavy atom. The predicted octanol–water partition coefficient (Wildman–Crippen LogP) is 8.42. The number of hydrogen-bond donors (Lipinski definition) is 0. The normalized spacial score (nSPS) is 18.1. The monoisotopic (exact) mass is 536 g/mol. The molecule has 0 N–H and O–H groups in total. The molecule has 0 fully saturated rings. The van der Waals surface area contributed by atoms with Gasteiger partial charge in [0.25, 0.3) is 0 Å². The molecule has 0 saturated heterocycles. The van der Waals surface area contributed by atoms with Gasteiger partial charge in [-0.15, -0.1) is 22.7 Å². The lowest BCUT2D eigenvalue weighted by atomic mass is 9.94. The van der Waals surface area contributed by atoms with Crippen molar-refractivity contribution in [2.45, 2.75) is 31.6 Å². The number of thiophene rings is 2. The molecule has 0 spiro atoms. The quantitative estimate of drug-likeness (QED) is 0.182. The summed E-state index contributed by atoms with van der Waals surface area (Å²) in [5, 5.41) is 0. The number of aromatic nitrogens is 1. The van der Waals surface area contributed by atoms with Gasteiger partial charge in [-0.1, -0.05) is 30.3 Å². The summed E-state index contributed by atoms with van der Waals surface area (Å²) in [6.45, 7) is 2.97. The number of hydrogen-bond acceptors (Lipinski definition) is 2. The van der Waals surface area contributed by atoms with Crippen LogP contribution in [0.15, 0.2) is 67.0 Å². The first-order valence-electron chi connectivity index (χ1n) is 11.0. The third kappa shape index (κ3) is 3.55. The number of nitrogens with zero attached hydrogens (tertiary/aromatic N) is 1. The third-order valence-electron chi connectivity index (χ3n) is 6.32. The van der Waals surface area contributed by atoms with Crippen molar-refractivity contribution in [2.24, 2.45) is 7.05 Å². The molecule has 1 aliphatic carbocycles. The molecule has 0 amide bonds. The Labute approximate surface area is 212 Å². The Morgan fingerprint density at radius 1 is 0.667 bits per heavy atom. The molecule has 0 unspecified atom stereocenters. The zero-order chi connectivity index (χ0) is 26.0. The number of aryl methyl sites for hydroxylation is 3. The molecule has 1 aliphatic rings. The van der Waals surface area contributed by atoms with Gasteiger partial charge in [0.1, 0.15) is 7.05 Å². The summed E-state index contributed by atoms with van der Waals surface area (Å²) < 4.78 is 92.7. The Bertz CT molecular complexity index is 1500. The van der Waals surface area contributed by atoms with Gasteiger partial charge in [0, 0.05) is 36.7 Å². The van der Waals surface area contributed by atoms with E-state index >= 15 is 17.6 Å². The Hall–Kier alpha value is -2.91. The van der Waals surface area contributed by atoms with Crippen molar-refractivity contribution in [3.63, 3.8) is 0 Å². The Kier molecular flexibility index (Phi) is 5.72. The van der Waals surface area contributed by atoms with Gasteiger partial charge in [-0.3, -0.25) is 0 Å². The van der Waals surface area contributed by atoms with Gasteiger partial charge in [-0.25, -0.2) is 4.57 Å². The average Bonchev–Trinajstić information content (AvgIpc) is 3.42. The maximum absolute atomic E-state index is 15.3. The third-order valence-corrected chi connectivity index (χ3v) is 8.52. The van der Waals surface area contributed by atoms with Crippen LogP contribution in [0.1, 0.15) is 20.9 Å². The number of alkyl halides is 6. The van der Waals surface area contributed by atoms with E-state index in [-0.39, 0.29) is 20.9 Å².